The van der Waals surface area contributed by atoms with Crippen LogP contribution in [0.4, 0.5) is 0 Å². The van der Waals surface area contributed by atoms with Gasteiger partial charge in [-0.2, -0.15) is 0 Å². The van der Waals surface area contributed by atoms with E-state index in [9.17, 15) is 0 Å². The van der Waals surface area contributed by atoms with Crippen LogP contribution in [0.15, 0.2) is 25.6 Å². The Bertz CT molecular complexity index is 220. The lowest BCUT2D eigenvalue weighted by Crippen LogP contribution is -1.68. The monoisotopic (exact) mass is 311 g/mol. The normalized spacial score (nSPS) is 9.67. The summed E-state index contributed by atoms with van der Waals surface area (Å²) in [5, 5.41) is 0. The highest BCUT2D eigenvalue weighted by Gasteiger charge is 1.94. The van der Waals surface area contributed by atoms with Gasteiger partial charge in [-0.3, -0.25) is 0 Å². The second-order valence-corrected chi connectivity index (χ2v) is 4.04. The summed E-state index contributed by atoms with van der Waals surface area (Å²) in [6, 6.07) is 6.81. The van der Waals surface area contributed by atoms with Crippen molar-refractivity contribution in [2.45, 2.75) is 0 Å². The first-order chi connectivity index (χ1) is 4.20. The Kier molecular flexibility index (Phi) is 2.73. The molecule has 3 heteroatoms. The van der Waals surface area contributed by atoms with Crippen molar-refractivity contribution >= 4 is 47.8 Å². The van der Waals surface area contributed by atoms with Gasteiger partial charge in [-0.15, -0.1) is 0 Å². The van der Waals surface area contributed by atoms with Crippen LogP contribution >= 0.6 is 47.8 Å². The largest absolute Gasteiger partial charge is 0.0508 e. The molecule has 1 aromatic carbocycles. The van der Waals surface area contributed by atoms with Gasteiger partial charge in [0.25, 0.3) is 0 Å². The summed E-state index contributed by atoms with van der Waals surface area (Å²) in [4.78, 5) is 0. The van der Waals surface area contributed by atoms with Crippen LogP contribution in [0.2, 0.25) is 0 Å². The van der Waals surface area contributed by atoms with E-state index in [-0.39, 0.29) is 0 Å². The van der Waals surface area contributed by atoms with Crippen LogP contribution in [-0.4, -0.2) is 0 Å². The fourth-order valence-corrected chi connectivity index (χ4v) is 1.67. The predicted octanol–water partition coefficient (Wildman–Crippen LogP) is 3.77. The number of benzene rings is 1. The molecule has 0 amide bonds. The minimum atomic E-state index is 0.950. The SMILES string of the molecule is Brc1c[c]c(Br)c(Br)c1. The van der Waals surface area contributed by atoms with Crippen LogP contribution in [0.3, 0.4) is 0 Å². The molecule has 0 aliphatic heterocycles. The average molecular weight is 314 g/mol. The van der Waals surface area contributed by atoms with E-state index in [1.54, 1.807) is 0 Å². The van der Waals surface area contributed by atoms with Crippen LogP contribution in [0.1, 0.15) is 0 Å². The molecule has 0 unspecified atom stereocenters. The van der Waals surface area contributed by atoms with Crippen LogP contribution < -0.4 is 0 Å². The molecule has 0 bridgehead atoms. The molecular weight excluding hydrogens is 312 g/mol. The van der Waals surface area contributed by atoms with Gasteiger partial charge in [0.05, 0.1) is 0 Å². The van der Waals surface area contributed by atoms with Crippen molar-refractivity contribution < 1.29 is 0 Å². The minimum absolute atomic E-state index is 0.950. The van der Waals surface area contributed by atoms with Crippen molar-refractivity contribution in [3.05, 3.63) is 31.6 Å². The standard InChI is InChI=1S/C6H2Br3/c7-4-1-2-5(8)6(9)3-4/h1,3H. The quantitative estimate of drug-likeness (QED) is 0.640. The summed E-state index contributed by atoms with van der Waals surface area (Å²) in [5.41, 5.74) is 0. The molecular formula is C6H2Br3. The zero-order valence-corrected chi connectivity index (χ0v) is 9.05. The third kappa shape index (κ3) is 2.06. The van der Waals surface area contributed by atoms with Crippen molar-refractivity contribution in [3.8, 4) is 0 Å². The molecule has 0 spiro atoms. The molecule has 0 nitrogen and oxygen atoms in total. The molecule has 0 N–H and O–H groups in total. The van der Waals surface area contributed by atoms with Gasteiger partial charge in [-0.05, 0) is 50.1 Å². The van der Waals surface area contributed by atoms with Crippen LogP contribution in [0.25, 0.3) is 0 Å². The molecule has 0 aliphatic rings. The van der Waals surface area contributed by atoms with E-state index in [1.807, 2.05) is 12.1 Å². The highest BCUT2D eigenvalue weighted by atomic mass is 79.9. The van der Waals surface area contributed by atoms with Gasteiger partial charge in [0.15, 0.2) is 0 Å². The van der Waals surface area contributed by atoms with Crippen LogP contribution in [0, 0.1) is 6.07 Å². The summed E-state index contributed by atoms with van der Waals surface area (Å²) in [5.74, 6) is 0. The van der Waals surface area contributed by atoms with Crippen molar-refractivity contribution in [2.24, 2.45) is 0 Å². The van der Waals surface area contributed by atoms with E-state index in [2.05, 4.69) is 53.9 Å². The summed E-state index contributed by atoms with van der Waals surface area (Å²) in [6.07, 6.45) is 0. The van der Waals surface area contributed by atoms with E-state index in [1.165, 1.54) is 0 Å². The lowest BCUT2D eigenvalue weighted by atomic mass is 10.4. The lowest BCUT2D eigenvalue weighted by molar-refractivity contribution is 1.54. The maximum absolute atomic E-state index is 3.34. The zero-order chi connectivity index (χ0) is 6.85. The zero-order valence-electron chi connectivity index (χ0n) is 4.29. The molecule has 0 fully saturated rings. The maximum Gasteiger partial charge on any atom is 0.0397 e. The third-order valence-corrected chi connectivity index (χ3v) is 3.08. The molecule has 1 aromatic rings. The highest BCUT2D eigenvalue weighted by Crippen LogP contribution is 2.25. The molecule has 47 valence electrons. The van der Waals surface area contributed by atoms with Crippen molar-refractivity contribution in [3.63, 3.8) is 0 Å². The Hall–Kier alpha value is 0.660. The maximum atomic E-state index is 3.34. The Morgan fingerprint density at radius 1 is 1.22 bits per heavy atom. The van der Waals surface area contributed by atoms with E-state index < -0.39 is 0 Å². The van der Waals surface area contributed by atoms with E-state index in [0.717, 1.165) is 13.4 Å². The van der Waals surface area contributed by atoms with Crippen molar-refractivity contribution in [2.75, 3.05) is 0 Å². The first-order valence-corrected chi connectivity index (χ1v) is 4.60. The predicted molar refractivity (Wildman–Crippen MR) is 48.4 cm³/mol. The van der Waals surface area contributed by atoms with E-state index in [4.69, 9.17) is 0 Å². The van der Waals surface area contributed by atoms with Gasteiger partial charge >= 0.3 is 0 Å². The second kappa shape index (κ2) is 3.17. The average Bonchev–Trinajstić information content (AvgIpc) is 1.80. The molecule has 1 radical (unpaired) electrons. The van der Waals surface area contributed by atoms with Crippen LogP contribution in [-0.2, 0) is 0 Å². The van der Waals surface area contributed by atoms with Gasteiger partial charge in [0.1, 0.15) is 0 Å². The summed E-state index contributed by atoms with van der Waals surface area (Å²) in [6.45, 7) is 0. The molecule has 0 aromatic heterocycles. The van der Waals surface area contributed by atoms with E-state index >= 15 is 0 Å². The Balaban J connectivity index is 3.17. The lowest BCUT2D eigenvalue weighted by Gasteiger charge is -1.93. The van der Waals surface area contributed by atoms with Gasteiger partial charge in [0, 0.05) is 13.4 Å². The van der Waals surface area contributed by atoms with Gasteiger partial charge in [0.2, 0.25) is 0 Å². The third-order valence-electron chi connectivity index (χ3n) is 0.811. The first kappa shape index (κ1) is 7.76. The second-order valence-electron chi connectivity index (χ2n) is 1.48. The number of rotatable bonds is 0. The number of halogens is 3. The Morgan fingerprint density at radius 2 is 1.89 bits per heavy atom. The fourth-order valence-electron chi connectivity index (χ4n) is 0.427. The molecule has 1 rings (SSSR count). The minimum Gasteiger partial charge on any atom is -0.0508 e. The molecule has 0 atom stereocenters. The topological polar surface area (TPSA) is 0 Å². The summed E-state index contributed by atoms with van der Waals surface area (Å²) < 4.78 is 2.99. The first-order valence-electron chi connectivity index (χ1n) is 2.22. The smallest absolute Gasteiger partial charge is 0.0397 e. The fraction of sp³-hybridized carbons (Fsp3) is 0. The van der Waals surface area contributed by atoms with Gasteiger partial charge in [-0.25, -0.2) is 0 Å². The molecule has 0 saturated carbocycles. The van der Waals surface area contributed by atoms with Gasteiger partial charge < -0.3 is 0 Å². The van der Waals surface area contributed by atoms with Crippen molar-refractivity contribution in [1.29, 1.82) is 0 Å². The summed E-state index contributed by atoms with van der Waals surface area (Å²) in [7, 11) is 0. The Morgan fingerprint density at radius 3 is 2.33 bits per heavy atom. The van der Waals surface area contributed by atoms with Crippen molar-refractivity contribution in [1.82, 2.24) is 0 Å². The number of hydrogen-bond acceptors (Lipinski definition) is 0. The molecule has 0 saturated heterocycles. The number of hydrogen-bond donors (Lipinski definition) is 0. The molecule has 0 aliphatic carbocycles. The highest BCUT2D eigenvalue weighted by molar-refractivity contribution is 9.13. The summed E-state index contributed by atoms with van der Waals surface area (Å²) >= 11 is 9.96. The van der Waals surface area contributed by atoms with Crippen LogP contribution in [0.5, 0.6) is 0 Å². The van der Waals surface area contributed by atoms with E-state index in [0.29, 0.717) is 0 Å². The molecule has 0 heterocycles. The molecule has 9 heavy (non-hydrogen) atoms. The Labute approximate surface area is 79.0 Å². The van der Waals surface area contributed by atoms with Gasteiger partial charge in [-0.1, -0.05) is 15.9 Å².